The van der Waals surface area contributed by atoms with Gasteiger partial charge in [-0.05, 0) is 56.8 Å². The number of ether oxygens (including phenoxy) is 3. The summed E-state index contributed by atoms with van der Waals surface area (Å²) in [6.07, 6.45) is 4.21. The predicted octanol–water partition coefficient (Wildman–Crippen LogP) is 1.64. The molecule has 0 unspecified atom stereocenters. The Labute approximate surface area is 213 Å². The quantitative estimate of drug-likeness (QED) is 0.244. The second-order valence-corrected chi connectivity index (χ2v) is 11.5. The number of aliphatic hydroxyl groups excluding tert-OH is 1. The van der Waals surface area contributed by atoms with Crippen molar-refractivity contribution in [1.29, 1.82) is 0 Å². The number of nitrogens with two attached hydrogens (primary N) is 1. The third-order valence-corrected chi connectivity index (χ3v) is 8.20. The van der Waals surface area contributed by atoms with E-state index in [-0.39, 0.29) is 29.0 Å². The van der Waals surface area contributed by atoms with Gasteiger partial charge in [0.2, 0.25) is 11.8 Å². The summed E-state index contributed by atoms with van der Waals surface area (Å²) >= 11 is 0. The molecule has 3 fully saturated rings. The molecule has 1 aliphatic heterocycles. The van der Waals surface area contributed by atoms with Crippen molar-refractivity contribution in [1.82, 2.24) is 10.6 Å². The van der Waals surface area contributed by atoms with Crippen LogP contribution in [0.5, 0.6) is 0 Å². The fourth-order valence-electron chi connectivity index (χ4n) is 5.91. The highest BCUT2D eigenvalue weighted by atomic mass is 16.6. The number of carbonyl (C=O) groups excluding carboxylic acids is 3. The van der Waals surface area contributed by atoms with Crippen molar-refractivity contribution in [2.45, 2.75) is 90.2 Å². The zero-order valence-electron chi connectivity index (χ0n) is 22.3. The van der Waals surface area contributed by atoms with Crippen LogP contribution in [0, 0.1) is 23.2 Å². The molecule has 10 nitrogen and oxygen atoms in total. The van der Waals surface area contributed by atoms with Crippen LogP contribution in [0.3, 0.4) is 0 Å². The molecule has 3 aliphatic rings. The molecule has 3 amide bonds. The van der Waals surface area contributed by atoms with Crippen LogP contribution in [0.15, 0.2) is 11.6 Å². The maximum Gasteiger partial charge on any atom is 0.408 e. The van der Waals surface area contributed by atoms with Gasteiger partial charge in [-0.2, -0.15) is 0 Å². The molecule has 36 heavy (non-hydrogen) atoms. The number of aliphatic hydroxyl groups is 1. The number of nitrogens with one attached hydrogen (secondary N) is 2. The van der Waals surface area contributed by atoms with Crippen molar-refractivity contribution in [3.63, 3.8) is 0 Å². The van der Waals surface area contributed by atoms with Gasteiger partial charge >= 0.3 is 6.09 Å². The fourth-order valence-corrected chi connectivity index (χ4v) is 5.91. The lowest BCUT2D eigenvalue weighted by molar-refractivity contribution is -0.131. The number of amides is 3. The molecular formula is C26H43N3O7. The molecule has 0 aromatic rings. The number of hydrogen-bond acceptors (Lipinski definition) is 7. The first kappa shape index (κ1) is 28.4. The molecular weight excluding hydrogens is 466 g/mol. The molecule has 0 radical (unpaired) electrons. The van der Waals surface area contributed by atoms with Gasteiger partial charge in [-0.25, -0.2) is 4.79 Å². The van der Waals surface area contributed by atoms with Gasteiger partial charge in [-0.1, -0.05) is 32.4 Å². The van der Waals surface area contributed by atoms with E-state index >= 15 is 0 Å². The van der Waals surface area contributed by atoms with Gasteiger partial charge in [0.1, 0.15) is 24.3 Å². The van der Waals surface area contributed by atoms with Crippen molar-refractivity contribution in [2.24, 2.45) is 28.9 Å². The summed E-state index contributed by atoms with van der Waals surface area (Å²) in [5, 5.41) is 14.3. The minimum Gasteiger partial charge on any atom is -0.443 e. The highest BCUT2D eigenvalue weighted by Crippen LogP contribution is 2.68. The Morgan fingerprint density at radius 3 is 2.42 bits per heavy atom. The summed E-state index contributed by atoms with van der Waals surface area (Å²) in [7, 11) is 1.65. The Bertz CT molecular complexity index is 868. The molecule has 1 saturated heterocycles. The number of alkyl carbamates (subject to hydrolysis) is 1. The van der Waals surface area contributed by atoms with Gasteiger partial charge in [0.15, 0.2) is 0 Å². The average molecular weight is 510 g/mol. The van der Waals surface area contributed by atoms with E-state index in [2.05, 4.69) is 37.5 Å². The Morgan fingerprint density at radius 2 is 1.92 bits per heavy atom. The second kappa shape index (κ2) is 11.1. The maximum atomic E-state index is 12.9. The summed E-state index contributed by atoms with van der Waals surface area (Å²) in [5.74, 6) is -1.15. The topological polar surface area (TPSA) is 153 Å². The summed E-state index contributed by atoms with van der Waals surface area (Å²) in [6.45, 7) is 10.1. The lowest BCUT2D eigenvalue weighted by Crippen LogP contribution is -2.57. The van der Waals surface area contributed by atoms with Gasteiger partial charge < -0.3 is 35.7 Å². The minimum atomic E-state index is -1.23. The van der Waals surface area contributed by atoms with E-state index in [1.807, 2.05) is 0 Å². The van der Waals surface area contributed by atoms with Crippen molar-refractivity contribution in [3.8, 4) is 0 Å². The molecule has 3 rings (SSSR count). The number of methoxy groups -OCH3 is 1. The standard InChI is InChI=1S/C26H43N3O7/c1-14(2)7-8-16-11-25(16,5)21-20(34-6)18(9-10-26(21)13-35-26)36-24(33)29-19(15(3)4)23(32)28-17(12-30)22(27)31/h7,15-21,30H,8-13H2,1-6H3,(H2,27,31)(H,28,32)(H,29,33)/t16-,17-,18+,19+,20+,21+,25-,26-/m0/s1. The number of primary amides is 1. The molecule has 0 aromatic heterocycles. The number of epoxide rings is 1. The van der Waals surface area contributed by atoms with Crippen LogP contribution in [0.2, 0.25) is 0 Å². The van der Waals surface area contributed by atoms with Crippen LogP contribution in [-0.4, -0.2) is 73.2 Å². The number of allylic oxidation sites excluding steroid dienone is 2. The van der Waals surface area contributed by atoms with E-state index in [9.17, 15) is 19.5 Å². The van der Waals surface area contributed by atoms with E-state index in [4.69, 9.17) is 19.9 Å². The normalized spacial score (nSPS) is 34.4. The van der Waals surface area contributed by atoms with Crippen LogP contribution in [0.1, 0.15) is 60.3 Å². The summed E-state index contributed by atoms with van der Waals surface area (Å²) in [5.41, 5.74) is 6.32. The van der Waals surface area contributed by atoms with Crippen LogP contribution in [0.4, 0.5) is 4.79 Å². The first-order valence-corrected chi connectivity index (χ1v) is 12.9. The van der Waals surface area contributed by atoms with Crippen LogP contribution < -0.4 is 16.4 Å². The van der Waals surface area contributed by atoms with E-state index in [1.54, 1.807) is 21.0 Å². The largest absolute Gasteiger partial charge is 0.443 e. The Hall–Kier alpha value is -2.17. The highest BCUT2D eigenvalue weighted by molar-refractivity contribution is 5.90. The predicted molar refractivity (Wildman–Crippen MR) is 133 cm³/mol. The van der Waals surface area contributed by atoms with Crippen molar-refractivity contribution >= 4 is 17.9 Å². The number of carbonyl (C=O) groups is 3. The number of hydrogen-bond donors (Lipinski definition) is 4. The lowest BCUT2D eigenvalue weighted by atomic mass is 9.67. The Balaban J connectivity index is 1.68. The Kier molecular flexibility index (Phi) is 8.73. The molecule has 2 saturated carbocycles. The lowest BCUT2D eigenvalue weighted by Gasteiger charge is -2.44. The Morgan fingerprint density at radius 1 is 1.25 bits per heavy atom. The first-order valence-electron chi connectivity index (χ1n) is 12.9. The summed E-state index contributed by atoms with van der Waals surface area (Å²) in [4.78, 5) is 37.0. The van der Waals surface area contributed by atoms with E-state index < -0.39 is 42.7 Å². The third kappa shape index (κ3) is 6.03. The first-order chi connectivity index (χ1) is 16.9. The molecule has 1 heterocycles. The monoisotopic (exact) mass is 509 g/mol. The fraction of sp³-hybridized carbons (Fsp3) is 0.808. The molecule has 204 valence electrons. The van der Waals surface area contributed by atoms with Crippen molar-refractivity contribution < 1.29 is 33.7 Å². The summed E-state index contributed by atoms with van der Waals surface area (Å²) in [6, 6.07) is -2.21. The minimum absolute atomic E-state index is 0.0378. The second-order valence-electron chi connectivity index (χ2n) is 11.5. The van der Waals surface area contributed by atoms with Gasteiger partial charge in [0.05, 0.1) is 18.8 Å². The van der Waals surface area contributed by atoms with Gasteiger partial charge in [0.25, 0.3) is 0 Å². The maximum absolute atomic E-state index is 12.9. The number of rotatable bonds is 11. The molecule has 8 atom stereocenters. The van der Waals surface area contributed by atoms with Crippen LogP contribution in [-0.2, 0) is 23.8 Å². The van der Waals surface area contributed by atoms with Gasteiger partial charge in [0, 0.05) is 13.0 Å². The molecule has 1 spiro atoms. The van der Waals surface area contributed by atoms with E-state index in [0.29, 0.717) is 18.9 Å². The molecule has 0 aromatic carbocycles. The van der Waals surface area contributed by atoms with Gasteiger partial charge in [-0.15, -0.1) is 0 Å². The zero-order valence-corrected chi connectivity index (χ0v) is 22.3. The molecule has 2 aliphatic carbocycles. The zero-order chi connectivity index (χ0) is 26.8. The highest BCUT2D eigenvalue weighted by Gasteiger charge is 2.70. The average Bonchev–Trinajstić information content (AvgIpc) is 3.72. The summed E-state index contributed by atoms with van der Waals surface area (Å²) < 4.78 is 17.8. The smallest absolute Gasteiger partial charge is 0.408 e. The van der Waals surface area contributed by atoms with Crippen LogP contribution in [0.25, 0.3) is 0 Å². The van der Waals surface area contributed by atoms with Crippen molar-refractivity contribution in [3.05, 3.63) is 11.6 Å². The third-order valence-electron chi connectivity index (χ3n) is 8.20. The molecule has 0 bridgehead atoms. The molecule has 10 heteroatoms. The van der Waals surface area contributed by atoms with Gasteiger partial charge in [-0.3, -0.25) is 9.59 Å². The van der Waals surface area contributed by atoms with E-state index in [0.717, 1.165) is 19.3 Å². The van der Waals surface area contributed by atoms with Crippen molar-refractivity contribution in [2.75, 3.05) is 20.3 Å². The van der Waals surface area contributed by atoms with Crippen LogP contribution >= 0.6 is 0 Å². The SMILES string of the molecule is CO[C@@H]1[C@H](OC(=O)N[C@@H](C(=O)N[C@@H](CO)C(N)=O)C(C)C)CC[C@]2(CO2)[C@H]1[C@@]1(C)C[C@@H]1CC=C(C)C. The van der Waals surface area contributed by atoms with E-state index in [1.165, 1.54) is 5.57 Å². The molecule has 5 N–H and O–H groups in total.